The molecule has 7 heteroatoms. The summed E-state index contributed by atoms with van der Waals surface area (Å²) in [7, 11) is -1.96. The Morgan fingerprint density at radius 2 is 1.71 bits per heavy atom. The molecule has 1 heterocycles. The summed E-state index contributed by atoms with van der Waals surface area (Å²) in [4.78, 5) is 11.8. The van der Waals surface area contributed by atoms with Crippen LogP contribution in [0.3, 0.4) is 0 Å². The van der Waals surface area contributed by atoms with Crippen molar-refractivity contribution < 1.29 is 28.5 Å². The van der Waals surface area contributed by atoms with Crippen LogP contribution < -0.4 is 0 Å². The molecule has 0 bridgehead atoms. The molecule has 0 amide bonds. The summed E-state index contributed by atoms with van der Waals surface area (Å²) in [5.41, 5.74) is -1.02. The van der Waals surface area contributed by atoms with Crippen LogP contribution in [0.2, 0.25) is 18.1 Å². The standard InChI is InChI=1S/C24H46O6Si/c1-17-19(30-31(10,11)23(5,6)7)16-18(25)21(27-17)29-24(8,9)15-13-12-14-20(26)28-22(2,3)4/h12,14,17-19,21,25H,13,15-16H2,1-11H3/b14-12+/t17-,18+,19?,21-/m0/s1. The van der Waals surface area contributed by atoms with E-state index in [-0.39, 0.29) is 23.2 Å². The molecule has 1 fully saturated rings. The zero-order valence-electron chi connectivity index (χ0n) is 21.6. The SMILES string of the molecule is C[C@@H]1O[C@@H](OC(C)(C)CC/C=C/C(=O)OC(C)(C)C)[C@H](O)CC1O[Si](C)(C)C(C)(C)C. The highest BCUT2D eigenvalue weighted by Crippen LogP contribution is 2.39. The average molecular weight is 459 g/mol. The van der Waals surface area contributed by atoms with Gasteiger partial charge in [-0.3, -0.25) is 0 Å². The topological polar surface area (TPSA) is 74.2 Å². The van der Waals surface area contributed by atoms with Crippen LogP contribution in [0.15, 0.2) is 12.2 Å². The molecule has 31 heavy (non-hydrogen) atoms. The Labute approximate surface area is 190 Å². The van der Waals surface area contributed by atoms with Crippen LogP contribution in [0.25, 0.3) is 0 Å². The van der Waals surface area contributed by atoms with Gasteiger partial charge in [0.2, 0.25) is 0 Å². The van der Waals surface area contributed by atoms with Gasteiger partial charge in [-0.25, -0.2) is 4.79 Å². The van der Waals surface area contributed by atoms with Crippen molar-refractivity contribution in [3.05, 3.63) is 12.2 Å². The summed E-state index contributed by atoms with van der Waals surface area (Å²) in [5.74, 6) is -0.348. The monoisotopic (exact) mass is 458 g/mol. The zero-order chi connectivity index (χ0) is 24.3. The number of carbonyl (C=O) groups excluding carboxylic acids is 1. The van der Waals surface area contributed by atoms with Crippen molar-refractivity contribution in [3.63, 3.8) is 0 Å². The minimum absolute atomic E-state index is 0.0971. The minimum atomic E-state index is -1.96. The molecule has 182 valence electrons. The minimum Gasteiger partial charge on any atom is -0.457 e. The molecule has 1 saturated heterocycles. The molecule has 0 aromatic carbocycles. The van der Waals surface area contributed by atoms with Gasteiger partial charge in [-0.2, -0.15) is 0 Å². The van der Waals surface area contributed by atoms with Crippen molar-refractivity contribution in [3.8, 4) is 0 Å². The van der Waals surface area contributed by atoms with Crippen LogP contribution in [0.1, 0.15) is 81.6 Å². The van der Waals surface area contributed by atoms with Gasteiger partial charge in [0.15, 0.2) is 14.6 Å². The molecule has 1 N–H and O–H groups in total. The molecule has 6 nitrogen and oxygen atoms in total. The number of esters is 1. The molecule has 1 unspecified atom stereocenters. The fourth-order valence-corrected chi connectivity index (χ4v) is 4.45. The van der Waals surface area contributed by atoms with E-state index in [2.05, 4.69) is 33.9 Å². The number of allylic oxidation sites excluding steroid dienone is 1. The molecule has 4 atom stereocenters. The molecule has 0 aromatic rings. The summed E-state index contributed by atoms with van der Waals surface area (Å²) in [6.45, 7) is 22.5. The van der Waals surface area contributed by atoms with E-state index in [1.54, 1.807) is 6.08 Å². The predicted molar refractivity (Wildman–Crippen MR) is 126 cm³/mol. The normalized spacial score (nSPS) is 26.3. The summed E-state index contributed by atoms with van der Waals surface area (Å²) < 4.78 is 23.9. The van der Waals surface area contributed by atoms with Gasteiger partial charge in [0, 0.05) is 12.5 Å². The van der Waals surface area contributed by atoms with E-state index in [9.17, 15) is 9.90 Å². The summed E-state index contributed by atoms with van der Waals surface area (Å²) in [6, 6.07) is 0. The maximum Gasteiger partial charge on any atom is 0.330 e. The van der Waals surface area contributed by atoms with Gasteiger partial charge < -0.3 is 23.7 Å². The quantitative estimate of drug-likeness (QED) is 0.300. The predicted octanol–water partition coefficient (Wildman–Crippen LogP) is 5.35. The van der Waals surface area contributed by atoms with E-state index in [1.165, 1.54) is 6.08 Å². The molecule has 0 aliphatic carbocycles. The van der Waals surface area contributed by atoms with Crippen LogP contribution in [-0.4, -0.2) is 55.2 Å². The summed E-state index contributed by atoms with van der Waals surface area (Å²) >= 11 is 0. The smallest absolute Gasteiger partial charge is 0.330 e. The third kappa shape index (κ3) is 9.74. The maximum absolute atomic E-state index is 11.8. The van der Waals surface area contributed by atoms with Gasteiger partial charge in [-0.1, -0.05) is 26.8 Å². The molecular formula is C24H46O6Si. The first-order valence-corrected chi connectivity index (χ1v) is 14.3. The lowest BCUT2D eigenvalue weighted by Crippen LogP contribution is -2.54. The summed E-state index contributed by atoms with van der Waals surface area (Å²) in [5, 5.41) is 10.8. The Morgan fingerprint density at radius 1 is 1.13 bits per heavy atom. The van der Waals surface area contributed by atoms with E-state index in [0.717, 1.165) is 0 Å². The number of aliphatic hydroxyl groups is 1. The van der Waals surface area contributed by atoms with Crippen molar-refractivity contribution in [1.29, 1.82) is 0 Å². The molecule has 0 spiro atoms. The lowest BCUT2D eigenvalue weighted by atomic mass is 10.0. The van der Waals surface area contributed by atoms with Crippen LogP contribution in [-0.2, 0) is 23.4 Å². The largest absolute Gasteiger partial charge is 0.457 e. The molecule has 1 aliphatic rings. The molecular weight excluding hydrogens is 412 g/mol. The van der Waals surface area contributed by atoms with E-state index >= 15 is 0 Å². The number of hydrogen-bond donors (Lipinski definition) is 1. The highest BCUT2D eigenvalue weighted by Gasteiger charge is 2.44. The second-order valence-electron chi connectivity index (χ2n) is 11.8. The van der Waals surface area contributed by atoms with Gasteiger partial charge in [0.25, 0.3) is 0 Å². The first-order chi connectivity index (χ1) is 13.8. The second-order valence-corrected chi connectivity index (χ2v) is 16.5. The lowest BCUT2D eigenvalue weighted by molar-refractivity contribution is -0.289. The Balaban J connectivity index is 2.58. The van der Waals surface area contributed by atoms with Crippen LogP contribution in [0.4, 0.5) is 0 Å². The molecule has 0 radical (unpaired) electrons. The summed E-state index contributed by atoms with van der Waals surface area (Å²) in [6.07, 6.45) is 3.33. The van der Waals surface area contributed by atoms with Crippen LogP contribution >= 0.6 is 0 Å². The zero-order valence-corrected chi connectivity index (χ0v) is 22.6. The highest BCUT2D eigenvalue weighted by atomic mass is 28.4. The fraction of sp³-hybridized carbons (Fsp3) is 0.875. The Hall–Kier alpha value is -0.733. The van der Waals surface area contributed by atoms with Crippen LogP contribution in [0.5, 0.6) is 0 Å². The highest BCUT2D eigenvalue weighted by molar-refractivity contribution is 6.74. The maximum atomic E-state index is 11.8. The fourth-order valence-electron chi connectivity index (χ4n) is 3.06. The van der Waals surface area contributed by atoms with Gasteiger partial charge in [-0.15, -0.1) is 0 Å². The number of hydrogen-bond acceptors (Lipinski definition) is 6. The van der Waals surface area contributed by atoms with E-state index in [1.807, 2.05) is 41.5 Å². The molecule has 0 saturated carbocycles. The van der Waals surface area contributed by atoms with Crippen LogP contribution in [0, 0.1) is 0 Å². The third-order valence-corrected chi connectivity index (χ3v) is 10.4. The number of ether oxygens (including phenoxy) is 3. The van der Waals surface area contributed by atoms with E-state index in [0.29, 0.717) is 19.3 Å². The lowest BCUT2D eigenvalue weighted by Gasteiger charge is -2.45. The van der Waals surface area contributed by atoms with E-state index < -0.39 is 31.9 Å². The molecule has 0 aromatic heterocycles. The van der Waals surface area contributed by atoms with Crippen molar-refractivity contribution in [2.24, 2.45) is 0 Å². The van der Waals surface area contributed by atoms with Crippen molar-refractivity contribution in [2.75, 3.05) is 0 Å². The van der Waals surface area contributed by atoms with Crippen molar-refractivity contribution in [1.82, 2.24) is 0 Å². The van der Waals surface area contributed by atoms with Crippen molar-refractivity contribution >= 4 is 14.3 Å². The Bertz CT molecular complexity index is 615. The first-order valence-electron chi connectivity index (χ1n) is 11.4. The van der Waals surface area contributed by atoms with Gasteiger partial charge in [0.05, 0.1) is 17.8 Å². The van der Waals surface area contributed by atoms with Gasteiger partial charge >= 0.3 is 5.97 Å². The average Bonchev–Trinajstić information content (AvgIpc) is 2.53. The van der Waals surface area contributed by atoms with Gasteiger partial charge in [-0.05, 0) is 72.5 Å². The third-order valence-electron chi connectivity index (χ3n) is 5.92. The Kier molecular flexibility index (Phi) is 9.56. The second kappa shape index (κ2) is 10.5. The van der Waals surface area contributed by atoms with E-state index in [4.69, 9.17) is 18.6 Å². The number of rotatable bonds is 8. The number of carbonyl (C=O) groups is 1. The first kappa shape index (κ1) is 28.3. The van der Waals surface area contributed by atoms with Crippen molar-refractivity contribution in [2.45, 2.75) is 136 Å². The molecule has 1 rings (SSSR count). The Morgan fingerprint density at radius 3 is 2.23 bits per heavy atom. The molecule has 1 aliphatic heterocycles. The van der Waals surface area contributed by atoms with Gasteiger partial charge in [0.1, 0.15) is 11.7 Å². The number of aliphatic hydroxyl groups excluding tert-OH is 1.